The van der Waals surface area contributed by atoms with Crippen LogP contribution in [0.15, 0.2) is 53.5 Å². The van der Waals surface area contributed by atoms with Crippen LogP contribution in [-0.2, 0) is 23.2 Å². The predicted octanol–water partition coefficient (Wildman–Crippen LogP) is 5.04. The molecule has 0 radical (unpaired) electrons. The number of hydrogen-bond donors (Lipinski definition) is 2. The van der Waals surface area contributed by atoms with Gasteiger partial charge in [-0.05, 0) is 111 Å². The van der Waals surface area contributed by atoms with Gasteiger partial charge in [0.25, 0.3) is 5.56 Å². The van der Waals surface area contributed by atoms with E-state index in [0.29, 0.717) is 29.9 Å². The van der Waals surface area contributed by atoms with Gasteiger partial charge in [-0.3, -0.25) is 24.6 Å². The van der Waals surface area contributed by atoms with Crippen molar-refractivity contribution in [2.24, 2.45) is 12.5 Å². The molecule has 1 unspecified atom stereocenters. The molecule has 4 aliphatic rings. The molecule has 7 rings (SSSR count). The van der Waals surface area contributed by atoms with E-state index in [0.717, 1.165) is 63.4 Å². The van der Waals surface area contributed by atoms with Gasteiger partial charge >= 0.3 is 0 Å². The Morgan fingerprint density at radius 2 is 1.68 bits per heavy atom. The fourth-order valence-electron chi connectivity index (χ4n) is 8.81. The number of aryl methyl sites for hydroxylation is 2. The molecule has 3 atom stereocenters. The Labute approximate surface area is 300 Å². The van der Waals surface area contributed by atoms with Crippen LogP contribution in [0.2, 0.25) is 5.02 Å². The molecule has 1 spiro atoms. The first-order valence-electron chi connectivity index (χ1n) is 18.2. The molecule has 4 aliphatic heterocycles. The summed E-state index contributed by atoms with van der Waals surface area (Å²) in [6.07, 6.45) is 8.55. The van der Waals surface area contributed by atoms with Crippen LogP contribution in [0, 0.1) is 12.3 Å². The molecule has 10 nitrogen and oxygen atoms in total. The zero-order valence-corrected chi connectivity index (χ0v) is 30.3. The van der Waals surface area contributed by atoms with Crippen LogP contribution in [0.1, 0.15) is 79.0 Å². The minimum Gasteiger partial charge on any atom is -0.378 e. The summed E-state index contributed by atoms with van der Waals surface area (Å²) in [7, 11) is 3.76. The summed E-state index contributed by atoms with van der Waals surface area (Å²) in [5, 5.41) is 10.3. The minimum absolute atomic E-state index is 0.167. The maximum Gasteiger partial charge on any atom is 0.287 e. The number of carbonyl (C=O) groups is 2. The lowest BCUT2D eigenvalue weighted by molar-refractivity contribution is -0.134. The van der Waals surface area contributed by atoms with Gasteiger partial charge in [-0.25, -0.2) is 4.68 Å². The summed E-state index contributed by atoms with van der Waals surface area (Å²) in [5.74, 6) is -0.173. The number of anilines is 2. The standard InChI is InChI=1S/C39H50ClN7O3/c1-26-20-31(8-9-32(26)33-10-11-35(48)43-37(33)49)47-18-14-39(15-19-47)12-16-46(17-13-39)23-27-4-6-28(7-5-27)29-21-30(25-44(2)24-29)42-34-22-41-45(3)38(50)36(34)40/h4-9,20,22,29-30,33,42H,10-19,21,23-25H2,1-3H3,(H,43,48,49)/t29-,30+,33?/m0/s1. The van der Waals surface area contributed by atoms with E-state index in [1.54, 1.807) is 13.2 Å². The molecule has 0 bridgehead atoms. The van der Waals surface area contributed by atoms with E-state index in [-0.39, 0.29) is 34.4 Å². The van der Waals surface area contributed by atoms with Crippen molar-refractivity contribution in [1.29, 1.82) is 0 Å². The molecular weight excluding hydrogens is 650 g/mol. The smallest absolute Gasteiger partial charge is 0.287 e. The molecule has 3 aromatic rings. The van der Waals surface area contributed by atoms with Crippen molar-refractivity contribution in [2.45, 2.75) is 76.3 Å². The monoisotopic (exact) mass is 699 g/mol. The van der Waals surface area contributed by atoms with Crippen LogP contribution in [-0.4, -0.2) is 83.8 Å². The third-order valence-corrected chi connectivity index (χ3v) is 12.3. The summed E-state index contributed by atoms with van der Waals surface area (Å²) in [5.41, 5.74) is 6.88. The molecule has 50 heavy (non-hydrogen) atoms. The Kier molecular flexibility index (Phi) is 10.1. The maximum atomic E-state index is 12.4. The summed E-state index contributed by atoms with van der Waals surface area (Å²) in [6, 6.07) is 15.9. The Morgan fingerprint density at radius 1 is 0.960 bits per heavy atom. The number of hydrogen-bond acceptors (Lipinski definition) is 8. The van der Waals surface area contributed by atoms with Gasteiger partial charge in [0, 0.05) is 57.9 Å². The average molecular weight is 700 g/mol. The number of aromatic nitrogens is 2. The summed E-state index contributed by atoms with van der Waals surface area (Å²) in [6.45, 7) is 9.38. The van der Waals surface area contributed by atoms with E-state index < -0.39 is 0 Å². The second-order valence-electron chi connectivity index (χ2n) is 15.3. The van der Waals surface area contributed by atoms with E-state index in [1.165, 1.54) is 47.2 Å². The third kappa shape index (κ3) is 7.48. The Hall–Kier alpha value is -3.73. The molecule has 2 amide bonds. The van der Waals surface area contributed by atoms with Crippen LogP contribution >= 0.6 is 11.6 Å². The first-order chi connectivity index (χ1) is 24.1. The van der Waals surface area contributed by atoms with Crippen molar-refractivity contribution in [3.8, 4) is 0 Å². The number of carbonyl (C=O) groups excluding carboxylic acids is 2. The van der Waals surface area contributed by atoms with Crippen LogP contribution in [0.3, 0.4) is 0 Å². The van der Waals surface area contributed by atoms with Crippen molar-refractivity contribution in [3.63, 3.8) is 0 Å². The van der Waals surface area contributed by atoms with Gasteiger partial charge in [0.15, 0.2) is 0 Å². The van der Waals surface area contributed by atoms with E-state index in [4.69, 9.17) is 11.6 Å². The predicted molar refractivity (Wildman–Crippen MR) is 198 cm³/mol. The number of nitrogens with one attached hydrogen (secondary N) is 2. The van der Waals surface area contributed by atoms with Crippen molar-refractivity contribution >= 4 is 34.8 Å². The molecule has 4 fully saturated rings. The van der Waals surface area contributed by atoms with Crippen molar-refractivity contribution in [1.82, 2.24) is 24.9 Å². The number of piperidine rings is 4. The maximum absolute atomic E-state index is 12.4. The van der Waals surface area contributed by atoms with E-state index in [9.17, 15) is 14.4 Å². The van der Waals surface area contributed by atoms with E-state index in [2.05, 4.69) is 86.9 Å². The molecule has 4 saturated heterocycles. The fraction of sp³-hybridized carbons (Fsp3) is 0.538. The first kappa shape index (κ1) is 34.7. The Morgan fingerprint density at radius 3 is 2.38 bits per heavy atom. The molecule has 0 aliphatic carbocycles. The Bertz CT molecular complexity index is 1780. The molecule has 0 saturated carbocycles. The van der Waals surface area contributed by atoms with Gasteiger partial charge in [0.2, 0.25) is 11.8 Å². The van der Waals surface area contributed by atoms with E-state index >= 15 is 0 Å². The largest absolute Gasteiger partial charge is 0.378 e. The fourth-order valence-corrected chi connectivity index (χ4v) is 9.04. The number of likely N-dealkylation sites (N-methyl/N-ethyl adjacent to an activating group) is 1. The van der Waals surface area contributed by atoms with Crippen molar-refractivity contribution in [3.05, 3.63) is 86.3 Å². The van der Waals surface area contributed by atoms with Crippen LogP contribution < -0.4 is 21.1 Å². The lowest BCUT2D eigenvalue weighted by atomic mass is 9.71. The molecule has 2 aromatic carbocycles. The molecule has 266 valence electrons. The zero-order chi connectivity index (χ0) is 35.0. The number of amides is 2. The van der Waals surface area contributed by atoms with Gasteiger partial charge in [-0.1, -0.05) is 41.9 Å². The topological polar surface area (TPSA) is 103 Å². The van der Waals surface area contributed by atoms with Gasteiger partial charge in [0.05, 0.1) is 17.8 Å². The Balaban J connectivity index is 0.888. The van der Waals surface area contributed by atoms with Gasteiger partial charge in [0.1, 0.15) is 5.02 Å². The zero-order valence-electron chi connectivity index (χ0n) is 29.6. The summed E-state index contributed by atoms with van der Waals surface area (Å²) < 4.78 is 1.26. The van der Waals surface area contributed by atoms with Gasteiger partial charge in [-0.2, -0.15) is 5.10 Å². The van der Waals surface area contributed by atoms with Crippen LogP contribution in [0.25, 0.3) is 0 Å². The van der Waals surface area contributed by atoms with Crippen molar-refractivity contribution < 1.29 is 9.59 Å². The molecule has 5 heterocycles. The summed E-state index contributed by atoms with van der Waals surface area (Å²) >= 11 is 6.34. The highest BCUT2D eigenvalue weighted by atomic mass is 35.5. The SMILES string of the molecule is Cc1cc(N2CCC3(CCN(Cc4ccc([C@H]5C[C@@H](Nc6cnn(C)c(=O)c6Cl)CN(C)C5)cc4)CC3)CC2)ccc1C1CCC(=O)NC1=O. The highest BCUT2D eigenvalue weighted by Crippen LogP contribution is 2.43. The number of likely N-dealkylation sites (tertiary alicyclic amines) is 2. The summed E-state index contributed by atoms with van der Waals surface area (Å²) in [4.78, 5) is 43.8. The normalized spacial score (nSPS) is 24.7. The average Bonchev–Trinajstić information content (AvgIpc) is 3.10. The third-order valence-electron chi connectivity index (χ3n) is 11.9. The second-order valence-corrected chi connectivity index (χ2v) is 15.7. The van der Waals surface area contributed by atoms with Crippen LogP contribution in [0.5, 0.6) is 0 Å². The molecule has 1 aromatic heterocycles. The van der Waals surface area contributed by atoms with Gasteiger partial charge in [-0.15, -0.1) is 0 Å². The lowest BCUT2D eigenvalue weighted by Crippen LogP contribution is -2.46. The highest BCUT2D eigenvalue weighted by Gasteiger charge is 2.38. The first-order valence-corrected chi connectivity index (χ1v) is 18.6. The van der Waals surface area contributed by atoms with Crippen LogP contribution in [0.4, 0.5) is 11.4 Å². The molecule has 2 N–H and O–H groups in total. The lowest BCUT2D eigenvalue weighted by Gasteiger charge is -2.47. The number of nitrogens with zero attached hydrogens (tertiary/aromatic N) is 5. The van der Waals surface area contributed by atoms with E-state index in [1.807, 2.05) is 0 Å². The van der Waals surface area contributed by atoms with Gasteiger partial charge < -0.3 is 15.1 Å². The molecular formula is C39H50ClN7O3. The van der Waals surface area contributed by atoms with Crippen molar-refractivity contribution in [2.75, 3.05) is 56.5 Å². The number of rotatable bonds is 7. The molecule has 11 heteroatoms. The quantitative estimate of drug-likeness (QED) is 0.331. The number of benzene rings is 2. The second kappa shape index (κ2) is 14.5. The number of halogens is 1. The highest BCUT2D eigenvalue weighted by molar-refractivity contribution is 6.32. The number of imide groups is 1. The minimum atomic E-state index is -0.287.